The number of aromatic amines is 1. The molecule has 0 fully saturated rings. The van der Waals surface area contributed by atoms with E-state index < -0.39 is 0 Å². The normalized spacial score (nSPS) is 9.84. The molecule has 0 aliphatic rings. The first-order valence-corrected chi connectivity index (χ1v) is 5.57. The Labute approximate surface area is 109 Å². The van der Waals surface area contributed by atoms with Crippen LogP contribution in [-0.2, 0) is 4.79 Å². The Morgan fingerprint density at radius 3 is 3.11 bits per heavy atom. The smallest absolute Gasteiger partial charge is 0.238 e. The number of amides is 1. The van der Waals surface area contributed by atoms with Crippen molar-refractivity contribution in [1.82, 2.24) is 25.9 Å². The quantitative estimate of drug-likeness (QED) is 0.518. The lowest BCUT2D eigenvalue weighted by atomic mass is 10.2. The molecule has 1 aromatic heterocycles. The van der Waals surface area contributed by atoms with E-state index in [-0.39, 0.29) is 12.5 Å². The predicted molar refractivity (Wildman–Crippen MR) is 69.9 cm³/mol. The average Bonchev–Trinajstić information content (AvgIpc) is 2.93. The van der Waals surface area contributed by atoms with Crippen LogP contribution in [0.15, 0.2) is 24.3 Å². The fourth-order valence-corrected chi connectivity index (χ4v) is 1.47. The largest absolute Gasteiger partial charge is 0.325 e. The molecule has 0 aliphatic carbocycles. The zero-order chi connectivity index (χ0) is 13.5. The number of hydrogen-bond acceptors (Lipinski definition) is 5. The molecular formula is C12H12N6O. The summed E-state index contributed by atoms with van der Waals surface area (Å²) < 4.78 is 0. The van der Waals surface area contributed by atoms with Gasteiger partial charge in [0, 0.05) is 11.3 Å². The van der Waals surface area contributed by atoms with Gasteiger partial charge in [-0.1, -0.05) is 18.1 Å². The van der Waals surface area contributed by atoms with E-state index in [0.29, 0.717) is 18.1 Å². The fourth-order valence-electron chi connectivity index (χ4n) is 1.47. The molecular weight excluding hydrogens is 244 g/mol. The van der Waals surface area contributed by atoms with Crippen LogP contribution in [0.3, 0.4) is 0 Å². The molecule has 1 aromatic carbocycles. The van der Waals surface area contributed by atoms with Crippen LogP contribution in [0.25, 0.3) is 11.4 Å². The van der Waals surface area contributed by atoms with Crippen molar-refractivity contribution in [2.24, 2.45) is 0 Å². The first kappa shape index (κ1) is 12.7. The molecule has 1 amide bonds. The van der Waals surface area contributed by atoms with Crippen LogP contribution in [-0.4, -0.2) is 39.6 Å². The number of nitrogens with zero attached hydrogens (tertiary/aromatic N) is 3. The van der Waals surface area contributed by atoms with Gasteiger partial charge in [0.05, 0.1) is 13.1 Å². The summed E-state index contributed by atoms with van der Waals surface area (Å²) in [5.41, 5.74) is 1.43. The second kappa shape index (κ2) is 6.28. The Kier molecular flexibility index (Phi) is 4.21. The van der Waals surface area contributed by atoms with Crippen LogP contribution in [0.1, 0.15) is 0 Å². The molecule has 3 N–H and O–H groups in total. The molecule has 7 nitrogen and oxygen atoms in total. The zero-order valence-electron chi connectivity index (χ0n) is 10.1. The second-order valence-corrected chi connectivity index (χ2v) is 3.67. The van der Waals surface area contributed by atoms with Crippen LogP contribution in [0.2, 0.25) is 0 Å². The summed E-state index contributed by atoms with van der Waals surface area (Å²) in [6.45, 7) is 0.521. The first-order valence-electron chi connectivity index (χ1n) is 5.57. The van der Waals surface area contributed by atoms with Gasteiger partial charge in [-0.25, -0.2) is 0 Å². The van der Waals surface area contributed by atoms with Gasteiger partial charge >= 0.3 is 0 Å². The van der Waals surface area contributed by atoms with E-state index in [9.17, 15) is 4.79 Å². The van der Waals surface area contributed by atoms with Crippen molar-refractivity contribution in [2.45, 2.75) is 0 Å². The highest BCUT2D eigenvalue weighted by Gasteiger charge is 2.05. The number of rotatable bonds is 5. The molecule has 1 heterocycles. The van der Waals surface area contributed by atoms with Gasteiger partial charge in [0.25, 0.3) is 0 Å². The van der Waals surface area contributed by atoms with Crippen LogP contribution in [0.4, 0.5) is 5.69 Å². The highest BCUT2D eigenvalue weighted by Crippen LogP contribution is 2.17. The van der Waals surface area contributed by atoms with E-state index in [4.69, 9.17) is 6.42 Å². The van der Waals surface area contributed by atoms with Gasteiger partial charge in [-0.05, 0) is 17.3 Å². The summed E-state index contributed by atoms with van der Waals surface area (Å²) in [6, 6.07) is 7.18. The Morgan fingerprint density at radius 2 is 2.37 bits per heavy atom. The molecule has 2 aromatic rings. The summed E-state index contributed by atoms with van der Waals surface area (Å²) >= 11 is 0. The molecule has 0 unspecified atom stereocenters. The molecule has 0 saturated heterocycles. The Balaban J connectivity index is 2.00. The lowest BCUT2D eigenvalue weighted by Crippen LogP contribution is -2.28. The molecule has 0 saturated carbocycles. The standard InChI is InChI=1S/C12H12N6O/c1-2-6-13-8-11(19)14-10-5-3-4-9(7-10)12-15-17-18-16-12/h1,3-5,7,13H,6,8H2,(H,14,19)(H,15,16,17,18). The Bertz CT molecular complexity index is 587. The topological polar surface area (TPSA) is 95.6 Å². The van der Waals surface area contributed by atoms with Crippen molar-refractivity contribution in [1.29, 1.82) is 0 Å². The second-order valence-electron chi connectivity index (χ2n) is 3.67. The number of hydrogen-bond donors (Lipinski definition) is 3. The van der Waals surface area contributed by atoms with E-state index in [2.05, 4.69) is 37.2 Å². The fraction of sp³-hybridized carbons (Fsp3) is 0.167. The summed E-state index contributed by atoms with van der Waals surface area (Å²) in [6.07, 6.45) is 5.07. The minimum atomic E-state index is -0.166. The van der Waals surface area contributed by atoms with Crippen molar-refractivity contribution in [3.8, 4) is 23.7 Å². The van der Waals surface area contributed by atoms with Crippen LogP contribution in [0, 0.1) is 12.3 Å². The SMILES string of the molecule is C#CCNCC(=O)Nc1cccc(-c2nn[nH]n2)c1. The summed E-state index contributed by atoms with van der Waals surface area (Å²) in [4.78, 5) is 11.6. The highest BCUT2D eigenvalue weighted by molar-refractivity contribution is 5.92. The van der Waals surface area contributed by atoms with Crippen LogP contribution in [0.5, 0.6) is 0 Å². The number of nitrogens with one attached hydrogen (secondary N) is 3. The predicted octanol–water partition coefficient (Wildman–Crippen LogP) is 0.0280. The molecule has 19 heavy (non-hydrogen) atoms. The van der Waals surface area contributed by atoms with E-state index in [0.717, 1.165) is 5.56 Å². The minimum absolute atomic E-state index is 0.163. The molecule has 2 rings (SSSR count). The van der Waals surface area contributed by atoms with Gasteiger partial charge in [0.1, 0.15) is 0 Å². The van der Waals surface area contributed by atoms with Crippen molar-refractivity contribution < 1.29 is 4.79 Å². The third-order valence-corrected chi connectivity index (χ3v) is 2.26. The monoisotopic (exact) mass is 256 g/mol. The summed E-state index contributed by atoms with van der Waals surface area (Å²) in [5.74, 6) is 2.70. The van der Waals surface area contributed by atoms with Gasteiger partial charge in [0.2, 0.25) is 11.7 Å². The maximum absolute atomic E-state index is 11.6. The maximum Gasteiger partial charge on any atom is 0.238 e. The van der Waals surface area contributed by atoms with Gasteiger partial charge in [-0.3, -0.25) is 10.1 Å². The Morgan fingerprint density at radius 1 is 1.47 bits per heavy atom. The zero-order valence-corrected chi connectivity index (χ0v) is 10.1. The number of H-pyrrole nitrogens is 1. The van der Waals surface area contributed by atoms with Crippen molar-refractivity contribution in [3.05, 3.63) is 24.3 Å². The summed E-state index contributed by atoms with van der Waals surface area (Å²) in [7, 11) is 0. The average molecular weight is 256 g/mol. The van der Waals surface area contributed by atoms with E-state index >= 15 is 0 Å². The Hall–Kier alpha value is -2.72. The van der Waals surface area contributed by atoms with Crippen molar-refractivity contribution in [2.75, 3.05) is 18.4 Å². The van der Waals surface area contributed by atoms with Gasteiger partial charge in [-0.15, -0.1) is 16.6 Å². The third-order valence-electron chi connectivity index (χ3n) is 2.26. The van der Waals surface area contributed by atoms with Gasteiger partial charge < -0.3 is 5.32 Å². The molecule has 96 valence electrons. The van der Waals surface area contributed by atoms with E-state index in [1.54, 1.807) is 18.2 Å². The maximum atomic E-state index is 11.6. The number of carbonyl (C=O) groups is 1. The number of tetrazole rings is 1. The lowest BCUT2D eigenvalue weighted by molar-refractivity contribution is -0.115. The van der Waals surface area contributed by atoms with Gasteiger partial charge in [-0.2, -0.15) is 5.21 Å². The molecule has 7 heteroatoms. The summed E-state index contributed by atoms with van der Waals surface area (Å²) in [5, 5.41) is 19.2. The molecule has 0 spiro atoms. The van der Waals surface area contributed by atoms with Crippen LogP contribution >= 0.6 is 0 Å². The molecule has 0 radical (unpaired) electrons. The molecule has 0 bridgehead atoms. The number of terminal acetylenes is 1. The number of aromatic nitrogens is 4. The minimum Gasteiger partial charge on any atom is -0.325 e. The third kappa shape index (κ3) is 3.62. The van der Waals surface area contributed by atoms with Crippen LogP contribution < -0.4 is 10.6 Å². The number of benzene rings is 1. The number of carbonyl (C=O) groups excluding carboxylic acids is 1. The number of anilines is 1. The first-order chi connectivity index (χ1) is 9.29. The molecule has 0 aliphatic heterocycles. The van der Waals surface area contributed by atoms with E-state index in [1.807, 2.05) is 6.07 Å². The lowest BCUT2D eigenvalue weighted by Gasteiger charge is -2.06. The highest BCUT2D eigenvalue weighted by atomic mass is 16.1. The molecule has 0 atom stereocenters. The van der Waals surface area contributed by atoms with Crippen molar-refractivity contribution >= 4 is 11.6 Å². The van der Waals surface area contributed by atoms with Gasteiger partial charge in [0.15, 0.2) is 0 Å². The van der Waals surface area contributed by atoms with Crippen molar-refractivity contribution in [3.63, 3.8) is 0 Å². The van der Waals surface area contributed by atoms with E-state index in [1.165, 1.54) is 0 Å².